The zero-order valence-corrected chi connectivity index (χ0v) is 16.1. The summed E-state index contributed by atoms with van der Waals surface area (Å²) in [4.78, 5) is 16.1. The fraction of sp³-hybridized carbons (Fsp3) is 0.474. The molecule has 2 aromatic heterocycles. The molecule has 136 valence electrons. The van der Waals surface area contributed by atoms with Crippen LogP contribution in [0, 0.1) is 6.92 Å². The van der Waals surface area contributed by atoms with E-state index in [4.69, 9.17) is 0 Å². The fourth-order valence-electron chi connectivity index (χ4n) is 2.66. The lowest BCUT2D eigenvalue weighted by atomic mass is 10.1. The molecule has 0 aliphatic heterocycles. The molecule has 0 aromatic carbocycles. The maximum atomic E-state index is 11.8. The molecule has 5 nitrogen and oxygen atoms in total. The first-order valence-corrected chi connectivity index (χ1v) is 9.69. The number of aliphatic imine (C=N–C) groups is 1. The first-order valence-electron chi connectivity index (χ1n) is 8.75. The van der Waals surface area contributed by atoms with Crippen LogP contribution >= 0.6 is 11.3 Å². The molecule has 0 bridgehead atoms. The van der Waals surface area contributed by atoms with Crippen molar-refractivity contribution in [2.45, 2.75) is 39.2 Å². The van der Waals surface area contributed by atoms with Crippen LogP contribution in [0.25, 0.3) is 0 Å². The van der Waals surface area contributed by atoms with E-state index in [2.05, 4.69) is 39.4 Å². The van der Waals surface area contributed by atoms with Gasteiger partial charge in [0.2, 0.25) is 0 Å². The lowest BCUT2D eigenvalue weighted by molar-refractivity contribution is 0.574. The smallest absolute Gasteiger partial charge is 0.250 e. The molecule has 1 atom stereocenters. The molecule has 0 saturated heterocycles. The van der Waals surface area contributed by atoms with Crippen LogP contribution in [0.2, 0.25) is 0 Å². The Kier molecular flexibility index (Phi) is 7.73. The summed E-state index contributed by atoms with van der Waals surface area (Å²) in [5.74, 6) is 1.29. The number of hydrogen-bond acceptors (Lipinski definition) is 3. The highest BCUT2D eigenvalue weighted by Gasteiger charge is 2.06. The number of unbranched alkanes of at least 4 members (excludes halogenated alkanes) is 1. The molecule has 25 heavy (non-hydrogen) atoms. The molecular weight excluding hydrogens is 332 g/mol. The van der Waals surface area contributed by atoms with Gasteiger partial charge in [0.25, 0.3) is 5.56 Å². The summed E-state index contributed by atoms with van der Waals surface area (Å²) in [5.41, 5.74) is 2.45. The van der Waals surface area contributed by atoms with Crippen molar-refractivity contribution in [2.24, 2.45) is 4.99 Å². The minimum absolute atomic E-state index is 0.0767. The molecule has 0 saturated carbocycles. The molecule has 6 heteroatoms. The lowest BCUT2D eigenvalue weighted by Gasteiger charge is -2.15. The number of nitrogens with one attached hydrogen (secondary N) is 2. The Labute approximate surface area is 153 Å². The van der Waals surface area contributed by atoms with Crippen LogP contribution in [0.15, 0.2) is 44.8 Å². The van der Waals surface area contributed by atoms with Crippen LogP contribution in [0.5, 0.6) is 0 Å². The molecule has 0 radical (unpaired) electrons. The van der Waals surface area contributed by atoms with Crippen LogP contribution in [0.1, 0.15) is 36.9 Å². The number of hydrogen-bond donors (Lipinski definition) is 2. The standard InChI is InChI=1S/C19H28N4OS/c1-15(17-9-12-25-14-17)13-22-19(20-3)21-10-4-5-11-23-16(2)7-6-8-18(23)24/h6-9,12,14-15H,4-5,10-11,13H2,1-3H3,(H2,20,21,22). The van der Waals surface area contributed by atoms with Crippen molar-refractivity contribution in [1.29, 1.82) is 0 Å². The minimum atomic E-state index is 0.0767. The molecule has 2 heterocycles. The Morgan fingerprint density at radius 1 is 1.28 bits per heavy atom. The first kappa shape index (κ1) is 19.2. The Hall–Kier alpha value is -2.08. The van der Waals surface area contributed by atoms with Gasteiger partial charge in [-0.05, 0) is 54.1 Å². The van der Waals surface area contributed by atoms with Gasteiger partial charge < -0.3 is 15.2 Å². The molecule has 0 fully saturated rings. The number of pyridine rings is 1. The highest BCUT2D eigenvalue weighted by Crippen LogP contribution is 2.16. The van der Waals surface area contributed by atoms with E-state index in [9.17, 15) is 4.79 Å². The van der Waals surface area contributed by atoms with Crippen molar-refractivity contribution in [3.05, 3.63) is 56.6 Å². The molecule has 2 N–H and O–H groups in total. The van der Waals surface area contributed by atoms with Gasteiger partial charge in [0, 0.05) is 38.4 Å². The summed E-state index contributed by atoms with van der Waals surface area (Å²) >= 11 is 1.73. The van der Waals surface area contributed by atoms with Crippen molar-refractivity contribution in [1.82, 2.24) is 15.2 Å². The lowest BCUT2D eigenvalue weighted by Crippen LogP contribution is -2.39. The Morgan fingerprint density at radius 2 is 2.12 bits per heavy atom. The second-order valence-electron chi connectivity index (χ2n) is 6.20. The molecular formula is C19H28N4OS. The van der Waals surface area contributed by atoms with Gasteiger partial charge in [0.1, 0.15) is 0 Å². The quantitative estimate of drug-likeness (QED) is 0.432. The largest absolute Gasteiger partial charge is 0.356 e. The maximum absolute atomic E-state index is 11.8. The van der Waals surface area contributed by atoms with E-state index in [-0.39, 0.29) is 5.56 Å². The van der Waals surface area contributed by atoms with Gasteiger partial charge in [-0.25, -0.2) is 0 Å². The second kappa shape index (κ2) is 10.0. The van der Waals surface area contributed by atoms with Crippen molar-refractivity contribution < 1.29 is 0 Å². The van der Waals surface area contributed by atoms with Crippen molar-refractivity contribution in [3.8, 4) is 0 Å². The van der Waals surface area contributed by atoms with Crippen molar-refractivity contribution >= 4 is 17.3 Å². The van der Waals surface area contributed by atoms with E-state index < -0.39 is 0 Å². The van der Waals surface area contributed by atoms with Gasteiger partial charge in [-0.1, -0.05) is 13.0 Å². The zero-order valence-electron chi connectivity index (χ0n) is 15.3. The third-order valence-electron chi connectivity index (χ3n) is 4.28. The van der Waals surface area contributed by atoms with E-state index in [0.717, 1.165) is 44.1 Å². The predicted molar refractivity (Wildman–Crippen MR) is 107 cm³/mol. The summed E-state index contributed by atoms with van der Waals surface area (Å²) in [6, 6.07) is 7.56. The van der Waals surface area contributed by atoms with Gasteiger partial charge in [0.15, 0.2) is 5.96 Å². The molecule has 2 aromatic rings. The number of rotatable bonds is 8. The average Bonchev–Trinajstić information content (AvgIpc) is 3.14. The third-order valence-corrected chi connectivity index (χ3v) is 4.98. The molecule has 0 aliphatic rings. The van der Waals surface area contributed by atoms with Crippen LogP contribution in [-0.4, -0.2) is 30.7 Å². The Balaban J connectivity index is 1.67. The number of aromatic nitrogens is 1. The molecule has 1 unspecified atom stereocenters. The normalized spacial score (nSPS) is 12.8. The van der Waals surface area contributed by atoms with Gasteiger partial charge in [-0.3, -0.25) is 9.79 Å². The van der Waals surface area contributed by atoms with Gasteiger partial charge >= 0.3 is 0 Å². The van der Waals surface area contributed by atoms with Crippen molar-refractivity contribution in [3.63, 3.8) is 0 Å². The van der Waals surface area contributed by atoms with E-state index >= 15 is 0 Å². The number of nitrogens with zero attached hydrogens (tertiary/aromatic N) is 2. The Morgan fingerprint density at radius 3 is 2.80 bits per heavy atom. The topological polar surface area (TPSA) is 58.4 Å². The van der Waals surface area contributed by atoms with Crippen LogP contribution in [0.4, 0.5) is 0 Å². The van der Waals surface area contributed by atoms with Crippen LogP contribution in [-0.2, 0) is 6.54 Å². The molecule has 0 amide bonds. The predicted octanol–water partition coefficient (Wildman–Crippen LogP) is 2.97. The molecule has 0 aliphatic carbocycles. The maximum Gasteiger partial charge on any atom is 0.250 e. The average molecular weight is 361 g/mol. The van der Waals surface area contributed by atoms with Gasteiger partial charge in [0.05, 0.1) is 0 Å². The summed E-state index contributed by atoms with van der Waals surface area (Å²) in [7, 11) is 1.79. The number of aryl methyl sites for hydroxylation is 1. The third kappa shape index (κ3) is 6.05. The van der Waals surface area contributed by atoms with E-state index in [1.165, 1.54) is 5.56 Å². The SMILES string of the molecule is CN=C(NCCCCn1c(C)cccc1=O)NCC(C)c1ccsc1. The monoisotopic (exact) mass is 360 g/mol. The summed E-state index contributed by atoms with van der Waals surface area (Å²) in [6.45, 7) is 6.64. The summed E-state index contributed by atoms with van der Waals surface area (Å²) in [5, 5.41) is 11.0. The van der Waals surface area contributed by atoms with Gasteiger partial charge in [-0.15, -0.1) is 0 Å². The minimum Gasteiger partial charge on any atom is -0.356 e. The van der Waals surface area contributed by atoms with E-state index in [1.807, 2.05) is 23.6 Å². The molecule has 0 spiro atoms. The zero-order chi connectivity index (χ0) is 18.1. The second-order valence-corrected chi connectivity index (χ2v) is 6.98. The van der Waals surface area contributed by atoms with Crippen LogP contribution in [0.3, 0.4) is 0 Å². The number of guanidine groups is 1. The van der Waals surface area contributed by atoms with Crippen molar-refractivity contribution in [2.75, 3.05) is 20.1 Å². The number of thiophene rings is 1. The molecule has 2 rings (SSSR count). The fourth-order valence-corrected chi connectivity index (χ4v) is 3.44. The summed E-state index contributed by atoms with van der Waals surface area (Å²) in [6.07, 6.45) is 1.95. The Bertz CT molecular complexity index is 721. The first-order chi connectivity index (χ1) is 12.1. The van der Waals surface area contributed by atoms with Gasteiger partial charge in [-0.2, -0.15) is 11.3 Å². The van der Waals surface area contributed by atoms with Crippen LogP contribution < -0.4 is 16.2 Å². The highest BCUT2D eigenvalue weighted by atomic mass is 32.1. The highest BCUT2D eigenvalue weighted by molar-refractivity contribution is 7.07. The van der Waals surface area contributed by atoms with E-state index in [1.54, 1.807) is 24.5 Å². The van der Waals surface area contributed by atoms with E-state index in [0.29, 0.717) is 5.92 Å². The summed E-state index contributed by atoms with van der Waals surface area (Å²) < 4.78 is 1.83.